The predicted molar refractivity (Wildman–Crippen MR) is 90.8 cm³/mol. The van der Waals surface area contributed by atoms with Gasteiger partial charge in [0.25, 0.3) is 0 Å². The summed E-state index contributed by atoms with van der Waals surface area (Å²) in [4.78, 5) is 11.8. The van der Waals surface area contributed by atoms with E-state index < -0.39 is 10.0 Å². The fourth-order valence-electron chi connectivity index (χ4n) is 1.68. The van der Waals surface area contributed by atoms with Crippen molar-refractivity contribution in [1.29, 1.82) is 0 Å². The van der Waals surface area contributed by atoms with E-state index in [4.69, 9.17) is 5.73 Å². The van der Waals surface area contributed by atoms with E-state index in [-0.39, 0.29) is 42.2 Å². The third-order valence-electron chi connectivity index (χ3n) is 3.26. The molecule has 8 heteroatoms. The molecule has 0 saturated carbocycles. The molecule has 0 saturated heterocycles. The molecule has 6 nitrogen and oxygen atoms in total. The lowest BCUT2D eigenvalue weighted by Crippen LogP contribution is -2.33. The Morgan fingerprint density at radius 1 is 1.36 bits per heavy atom. The normalized spacial score (nSPS) is 11.4. The Morgan fingerprint density at radius 2 is 1.95 bits per heavy atom. The second kappa shape index (κ2) is 8.47. The van der Waals surface area contributed by atoms with Gasteiger partial charge in [0.2, 0.25) is 15.9 Å². The molecule has 0 aliphatic rings. The third-order valence-corrected chi connectivity index (χ3v) is 5.29. The lowest BCUT2D eigenvalue weighted by atomic mass is 10.2. The van der Waals surface area contributed by atoms with Crippen LogP contribution in [0.5, 0.6) is 0 Å². The van der Waals surface area contributed by atoms with Gasteiger partial charge in [0.05, 0.1) is 4.90 Å². The standard InChI is InChI=1S/C14H23N3O3S.ClH/c1-10(2)17(4)21(19,20)12-6-5-11(3)13(9-12)16-14(18)7-8-15;/h5-6,9-10H,7-8,15H2,1-4H3,(H,16,18);1H. The smallest absolute Gasteiger partial charge is 0.243 e. The maximum absolute atomic E-state index is 12.4. The number of nitrogens with zero attached hydrogens (tertiary/aromatic N) is 1. The van der Waals surface area contributed by atoms with Crippen LogP contribution in [0.4, 0.5) is 5.69 Å². The monoisotopic (exact) mass is 349 g/mol. The number of sulfonamides is 1. The van der Waals surface area contributed by atoms with Crippen LogP contribution in [-0.2, 0) is 14.8 Å². The van der Waals surface area contributed by atoms with E-state index in [0.717, 1.165) is 5.56 Å². The fraction of sp³-hybridized carbons (Fsp3) is 0.500. The second-order valence-electron chi connectivity index (χ2n) is 5.18. The molecular formula is C14H24ClN3O3S. The van der Waals surface area contributed by atoms with Crippen LogP contribution in [0.25, 0.3) is 0 Å². The maximum atomic E-state index is 12.4. The average Bonchev–Trinajstić information content (AvgIpc) is 2.40. The summed E-state index contributed by atoms with van der Waals surface area (Å²) < 4.78 is 26.2. The number of nitrogens with one attached hydrogen (secondary N) is 1. The van der Waals surface area contributed by atoms with Crippen LogP contribution in [0, 0.1) is 6.92 Å². The summed E-state index contributed by atoms with van der Waals surface area (Å²) in [7, 11) is -2.03. The Hall–Kier alpha value is -1.15. The minimum absolute atomic E-state index is 0. The number of hydrogen-bond donors (Lipinski definition) is 2. The zero-order chi connectivity index (χ0) is 16.2. The van der Waals surface area contributed by atoms with Crippen molar-refractivity contribution in [3.05, 3.63) is 23.8 Å². The number of aryl methyl sites for hydroxylation is 1. The van der Waals surface area contributed by atoms with Gasteiger partial charge in [-0.1, -0.05) is 6.07 Å². The van der Waals surface area contributed by atoms with Crippen LogP contribution in [0.3, 0.4) is 0 Å². The topological polar surface area (TPSA) is 92.5 Å². The first kappa shape index (κ1) is 20.9. The molecule has 22 heavy (non-hydrogen) atoms. The summed E-state index contributed by atoms with van der Waals surface area (Å²) in [6, 6.07) is 4.56. The van der Waals surface area contributed by atoms with Gasteiger partial charge in [-0.2, -0.15) is 4.31 Å². The summed E-state index contributed by atoms with van der Waals surface area (Å²) in [6.07, 6.45) is 0.197. The highest BCUT2D eigenvalue weighted by atomic mass is 35.5. The Labute approximate surface area is 138 Å². The van der Waals surface area contributed by atoms with Gasteiger partial charge in [0.15, 0.2) is 0 Å². The molecule has 3 N–H and O–H groups in total. The predicted octanol–water partition coefficient (Wildman–Crippen LogP) is 1.73. The molecule has 0 atom stereocenters. The van der Waals surface area contributed by atoms with Crippen LogP contribution >= 0.6 is 12.4 Å². The first-order chi connectivity index (χ1) is 9.70. The highest BCUT2D eigenvalue weighted by Crippen LogP contribution is 2.23. The SMILES string of the molecule is Cc1ccc(S(=O)(=O)N(C)C(C)C)cc1NC(=O)CCN.Cl. The highest BCUT2D eigenvalue weighted by Gasteiger charge is 2.23. The number of hydrogen-bond acceptors (Lipinski definition) is 4. The van der Waals surface area contributed by atoms with Gasteiger partial charge >= 0.3 is 0 Å². The first-order valence-corrected chi connectivity index (χ1v) is 8.22. The fourth-order valence-corrected chi connectivity index (χ4v) is 3.08. The minimum atomic E-state index is -3.57. The van der Waals surface area contributed by atoms with E-state index in [1.807, 2.05) is 0 Å². The molecule has 1 rings (SSSR count). The van der Waals surface area contributed by atoms with Crippen molar-refractivity contribution >= 4 is 34.0 Å². The van der Waals surface area contributed by atoms with Crippen molar-refractivity contribution in [2.24, 2.45) is 5.73 Å². The molecule has 0 radical (unpaired) electrons. The van der Waals surface area contributed by atoms with Crippen LogP contribution in [0.2, 0.25) is 0 Å². The zero-order valence-corrected chi connectivity index (χ0v) is 14.9. The van der Waals surface area contributed by atoms with Gasteiger partial charge in [0.1, 0.15) is 0 Å². The van der Waals surface area contributed by atoms with Crippen molar-refractivity contribution in [2.75, 3.05) is 18.9 Å². The Balaban J connectivity index is 0.00000441. The van der Waals surface area contributed by atoms with Gasteiger partial charge in [-0.25, -0.2) is 8.42 Å². The molecule has 0 heterocycles. The molecular weight excluding hydrogens is 326 g/mol. The largest absolute Gasteiger partial charge is 0.330 e. The number of halogens is 1. The Morgan fingerprint density at radius 3 is 2.45 bits per heavy atom. The van der Waals surface area contributed by atoms with Gasteiger partial charge < -0.3 is 11.1 Å². The third kappa shape index (κ3) is 4.95. The van der Waals surface area contributed by atoms with Crippen molar-refractivity contribution in [3.8, 4) is 0 Å². The van der Waals surface area contributed by atoms with Crippen LogP contribution in [0.1, 0.15) is 25.8 Å². The lowest BCUT2D eigenvalue weighted by molar-refractivity contribution is -0.116. The lowest BCUT2D eigenvalue weighted by Gasteiger charge is -2.21. The van der Waals surface area contributed by atoms with E-state index in [1.54, 1.807) is 32.9 Å². The highest BCUT2D eigenvalue weighted by molar-refractivity contribution is 7.89. The number of carbonyl (C=O) groups excluding carboxylic acids is 1. The van der Waals surface area contributed by atoms with Crippen LogP contribution < -0.4 is 11.1 Å². The number of amides is 1. The first-order valence-electron chi connectivity index (χ1n) is 6.78. The minimum Gasteiger partial charge on any atom is -0.330 e. The summed E-state index contributed by atoms with van der Waals surface area (Å²) in [5.41, 5.74) is 6.62. The molecule has 1 aromatic rings. The van der Waals surface area contributed by atoms with E-state index in [2.05, 4.69) is 5.32 Å². The van der Waals surface area contributed by atoms with Gasteiger partial charge in [0, 0.05) is 31.7 Å². The second-order valence-corrected chi connectivity index (χ2v) is 7.18. The summed E-state index contributed by atoms with van der Waals surface area (Å²) in [5.74, 6) is -0.229. The Bertz CT molecular complexity index is 618. The molecule has 126 valence electrons. The van der Waals surface area contributed by atoms with Gasteiger partial charge in [-0.3, -0.25) is 4.79 Å². The summed E-state index contributed by atoms with van der Waals surface area (Å²) in [5, 5.41) is 2.69. The van der Waals surface area contributed by atoms with E-state index in [0.29, 0.717) is 5.69 Å². The molecule has 0 unspecified atom stereocenters. The molecule has 0 spiro atoms. The van der Waals surface area contributed by atoms with Crippen molar-refractivity contribution < 1.29 is 13.2 Å². The van der Waals surface area contributed by atoms with Crippen LogP contribution in [-0.4, -0.2) is 38.3 Å². The van der Waals surface area contributed by atoms with E-state index >= 15 is 0 Å². The molecule has 0 aromatic heterocycles. The van der Waals surface area contributed by atoms with E-state index in [1.165, 1.54) is 17.4 Å². The molecule has 1 amide bonds. The molecule has 1 aromatic carbocycles. The van der Waals surface area contributed by atoms with Gasteiger partial charge in [-0.15, -0.1) is 12.4 Å². The Kier molecular flexibility index (Phi) is 8.03. The van der Waals surface area contributed by atoms with Gasteiger partial charge in [-0.05, 0) is 38.5 Å². The maximum Gasteiger partial charge on any atom is 0.243 e. The molecule has 0 aliphatic carbocycles. The molecule has 0 fully saturated rings. The number of rotatable bonds is 6. The number of anilines is 1. The van der Waals surface area contributed by atoms with Crippen LogP contribution in [0.15, 0.2) is 23.1 Å². The van der Waals surface area contributed by atoms with E-state index in [9.17, 15) is 13.2 Å². The molecule has 0 bridgehead atoms. The summed E-state index contributed by atoms with van der Waals surface area (Å²) >= 11 is 0. The average molecular weight is 350 g/mol. The quantitative estimate of drug-likeness (QED) is 0.818. The van der Waals surface area contributed by atoms with Crippen molar-refractivity contribution in [3.63, 3.8) is 0 Å². The number of carbonyl (C=O) groups is 1. The van der Waals surface area contributed by atoms with Crippen molar-refractivity contribution in [2.45, 2.75) is 38.1 Å². The molecule has 0 aliphatic heterocycles. The zero-order valence-electron chi connectivity index (χ0n) is 13.3. The van der Waals surface area contributed by atoms with Crippen molar-refractivity contribution in [1.82, 2.24) is 4.31 Å². The number of nitrogens with two attached hydrogens (primary N) is 1. The number of benzene rings is 1. The summed E-state index contributed by atoms with van der Waals surface area (Å²) in [6.45, 7) is 5.66.